The Kier molecular flexibility index (Phi) is 5.49. The summed E-state index contributed by atoms with van der Waals surface area (Å²) in [4.78, 5) is 17.1. The Balaban J connectivity index is 2.22. The number of ether oxygens (including phenoxy) is 1. The minimum Gasteiger partial charge on any atom is -0.375 e. The summed E-state index contributed by atoms with van der Waals surface area (Å²) in [6.45, 7) is 2.43. The summed E-state index contributed by atoms with van der Waals surface area (Å²) in [6, 6.07) is 4.90. The van der Waals surface area contributed by atoms with Crippen molar-refractivity contribution in [3.63, 3.8) is 0 Å². The molecular formula is C14H16BrN3O3S. The second-order valence-corrected chi connectivity index (χ2v) is 6.61. The van der Waals surface area contributed by atoms with Gasteiger partial charge in [-0.15, -0.1) is 11.3 Å². The molecule has 8 heteroatoms. The van der Waals surface area contributed by atoms with Gasteiger partial charge in [0.05, 0.1) is 17.2 Å². The summed E-state index contributed by atoms with van der Waals surface area (Å²) in [5, 5.41) is 14.0. The maximum absolute atomic E-state index is 11.2. The highest BCUT2D eigenvalue weighted by Crippen LogP contribution is 2.31. The highest BCUT2D eigenvalue weighted by atomic mass is 79.9. The highest BCUT2D eigenvalue weighted by Gasteiger charge is 2.18. The highest BCUT2D eigenvalue weighted by molar-refractivity contribution is 9.10. The quantitative estimate of drug-likeness (QED) is 0.551. The number of rotatable bonds is 6. The van der Waals surface area contributed by atoms with Gasteiger partial charge in [0.2, 0.25) is 0 Å². The van der Waals surface area contributed by atoms with Crippen molar-refractivity contribution in [2.24, 2.45) is 0 Å². The van der Waals surface area contributed by atoms with E-state index in [1.54, 1.807) is 19.2 Å². The fourth-order valence-electron chi connectivity index (χ4n) is 1.97. The molecule has 0 amide bonds. The Hall–Kier alpha value is -1.51. The largest absolute Gasteiger partial charge is 0.375 e. The van der Waals surface area contributed by atoms with Crippen LogP contribution in [0.15, 0.2) is 28.1 Å². The van der Waals surface area contributed by atoms with Crippen LogP contribution in [0.25, 0.3) is 0 Å². The molecule has 6 nitrogen and oxygen atoms in total. The van der Waals surface area contributed by atoms with E-state index in [4.69, 9.17) is 4.74 Å². The topological polar surface area (TPSA) is 68.5 Å². The molecule has 22 heavy (non-hydrogen) atoms. The van der Waals surface area contributed by atoms with Crippen LogP contribution in [-0.4, -0.2) is 24.1 Å². The number of anilines is 1. The van der Waals surface area contributed by atoms with Gasteiger partial charge in [-0.05, 0) is 19.1 Å². The van der Waals surface area contributed by atoms with Crippen LogP contribution in [0.1, 0.15) is 23.7 Å². The molecule has 0 spiro atoms. The van der Waals surface area contributed by atoms with Crippen LogP contribution >= 0.6 is 27.3 Å². The number of methoxy groups -OCH3 is 1. The van der Waals surface area contributed by atoms with Gasteiger partial charge in [-0.25, -0.2) is 4.98 Å². The molecule has 0 fully saturated rings. The zero-order valence-corrected chi connectivity index (χ0v) is 14.8. The lowest BCUT2D eigenvalue weighted by Crippen LogP contribution is -2.18. The van der Waals surface area contributed by atoms with Gasteiger partial charge in [-0.3, -0.25) is 10.1 Å². The molecule has 2 aromatic rings. The van der Waals surface area contributed by atoms with Gasteiger partial charge in [0.15, 0.2) is 0 Å². The van der Waals surface area contributed by atoms with Crippen molar-refractivity contribution in [1.82, 2.24) is 4.98 Å². The van der Waals surface area contributed by atoms with Crippen LogP contribution < -0.4 is 4.90 Å². The minimum absolute atomic E-state index is 0.0516. The molecule has 1 aromatic heterocycles. The first-order valence-corrected chi connectivity index (χ1v) is 8.21. The molecule has 0 aliphatic carbocycles. The number of nitrogens with zero attached hydrogens (tertiary/aromatic N) is 3. The zero-order valence-electron chi connectivity index (χ0n) is 12.4. The number of benzene rings is 1. The molecule has 1 aromatic carbocycles. The van der Waals surface area contributed by atoms with E-state index in [0.29, 0.717) is 12.2 Å². The lowest BCUT2D eigenvalue weighted by atomic mass is 10.2. The number of hydrogen-bond donors (Lipinski definition) is 0. The summed E-state index contributed by atoms with van der Waals surface area (Å²) in [5.41, 5.74) is 1.49. The van der Waals surface area contributed by atoms with E-state index in [2.05, 4.69) is 20.9 Å². The Bertz CT molecular complexity index is 677. The fourth-order valence-corrected chi connectivity index (χ4v) is 3.16. The first-order valence-electron chi connectivity index (χ1n) is 6.54. The Morgan fingerprint density at radius 1 is 1.55 bits per heavy atom. The van der Waals surface area contributed by atoms with Crippen LogP contribution in [-0.2, 0) is 11.3 Å². The molecule has 0 radical (unpaired) electrons. The summed E-state index contributed by atoms with van der Waals surface area (Å²) in [7, 11) is 3.45. The molecule has 0 saturated carbocycles. The summed E-state index contributed by atoms with van der Waals surface area (Å²) < 4.78 is 6.04. The first-order chi connectivity index (χ1) is 10.4. The van der Waals surface area contributed by atoms with Crippen LogP contribution in [0.5, 0.6) is 0 Å². The van der Waals surface area contributed by atoms with Crippen molar-refractivity contribution in [3.8, 4) is 0 Å². The number of thiazole rings is 1. The molecule has 1 heterocycles. The van der Waals surface area contributed by atoms with Gasteiger partial charge in [0, 0.05) is 30.1 Å². The second kappa shape index (κ2) is 7.17. The summed E-state index contributed by atoms with van der Waals surface area (Å²) in [5.74, 6) is 0. The molecule has 0 aliphatic rings. The average molecular weight is 386 g/mol. The van der Waals surface area contributed by atoms with Crippen molar-refractivity contribution in [2.75, 3.05) is 19.1 Å². The molecule has 118 valence electrons. The second-order valence-electron chi connectivity index (χ2n) is 4.80. The van der Waals surface area contributed by atoms with Gasteiger partial charge >= 0.3 is 0 Å². The maximum atomic E-state index is 11.2. The number of hydrogen-bond acceptors (Lipinski definition) is 6. The Morgan fingerprint density at radius 2 is 2.27 bits per heavy atom. The van der Waals surface area contributed by atoms with Crippen LogP contribution in [0.3, 0.4) is 0 Å². The molecule has 1 atom stereocenters. The van der Waals surface area contributed by atoms with E-state index in [0.717, 1.165) is 15.2 Å². The minimum atomic E-state index is -0.377. The van der Waals surface area contributed by atoms with Crippen LogP contribution in [0.2, 0.25) is 0 Å². The van der Waals surface area contributed by atoms with Crippen LogP contribution in [0, 0.1) is 10.1 Å². The first kappa shape index (κ1) is 16.9. The summed E-state index contributed by atoms with van der Waals surface area (Å²) >= 11 is 4.88. The normalized spacial score (nSPS) is 12.2. The van der Waals surface area contributed by atoms with Crippen molar-refractivity contribution in [1.29, 1.82) is 0 Å². The number of halogens is 1. The average Bonchev–Trinajstić information content (AvgIpc) is 2.94. The van der Waals surface area contributed by atoms with Crippen molar-refractivity contribution >= 4 is 38.6 Å². The van der Waals surface area contributed by atoms with Gasteiger partial charge in [-0.2, -0.15) is 0 Å². The van der Waals surface area contributed by atoms with E-state index in [1.165, 1.54) is 17.4 Å². The Labute approximate surface area is 141 Å². The third-order valence-electron chi connectivity index (χ3n) is 3.22. The fraction of sp³-hybridized carbons (Fsp3) is 0.357. The lowest BCUT2D eigenvalue weighted by molar-refractivity contribution is -0.384. The molecule has 0 bridgehead atoms. The molecule has 2 rings (SSSR count). The standard InChI is InChI=1S/C14H16BrN3O3S/c1-9(21-3)14-16-11(8-22-14)7-17(2)13-6-10(15)4-5-12(13)18(19)20/h4-6,8-9H,7H2,1-3H3. The number of nitro groups is 1. The van der Waals surface area contributed by atoms with Crippen LogP contribution in [0.4, 0.5) is 11.4 Å². The number of nitro benzene ring substituents is 1. The lowest BCUT2D eigenvalue weighted by Gasteiger charge is -2.18. The Morgan fingerprint density at radius 3 is 2.91 bits per heavy atom. The summed E-state index contributed by atoms with van der Waals surface area (Å²) in [6.07, 6.45) is -0.0516. The van der Waals surface area contributed by atoms with E-state index in [1.807, 2.05) is 24.3 Å². The third kappa shape index (κ3) is 3.82. The van der Waals surface area contributed by atoms with Gasteiger partial charge < -0.3 is 9.64 Å². The van der Waals surface area contributed by atoms with E-state index in [9.17, 15) is 10.1 Å². The number of aromatic nitrogens is 1. The zero-order chi connectivity index (χ0) is 16.3. The molecule has 1 unspecified atom stereocenters. The van der Waals surface area contributed by atoms with Crippen molar-refractivity contribution in [2.45, 2.75) is 19.6 Å². The molecule has 0 saturated heterocycles. The van der Waals surface area contributed by atoms with Gasteiger partial charge in [-0.1, -0.05) is 15.9 Å². The monoisotopic (exact) mass is 385 g/mol. The smallest absolute Gasteiger partial charge is 0.292 e. The maximum Gasteiger partial charge on any atom is 0.292 e. The molecular weight excluding hydrogens is 370 g/mol. The van der Waals surface area contributed by atoms with E-state index >= 15 is 0 Å². The van der Waals surface area contributed by atoms with Crippen molar-refractivity contribution < 1.29 is 9.66 Å². The third-order valence-corrected chi connectivity index (χ3v) is 4.76. The molecule has 0 aliphatic heterocycles. The predicted molar refractivity (Wildman–Crippen MR) is 90.4 cm³/mol. The van der Waals surface area contributed by atoms with E-state index < -0.39 is 0 Å². The predicted octanol–water partition coefficient (Wildman–Crippen LogP) is 4.16. The molecule has 0 N–H and O–H groups in total. The SMILES string of the molecule is COC(C)c1nc(CN(C)c2cc(Br)ccc2[N+](=O)[O-])cs1. The van der Waals surface area contributed by atoms with Crippen molar-refractivity contribution in [3.05, 3.63) is 48.9 Å². The van der Waals surface area contributed by atoms with Gasteiger partial charge in [0.25, 0.3) is 5.69 Å². The van der Waals surface area contributed by atoms with E-state index in [-0.39, 0.29) is 16.7 Å². The van der Waals surface area contributed by atoms with Gasteiger partial charge in [0.1, 0.15) is 16.8 Å².